The molecule has 0 saturated heterocycles. The lowest BCUT2D eigenvalue weighted by molar-refractivity contribution is -0.131. The third kappa shape index (κ3) is 4.38. The minimum Gasteiger partial charge on any atom is -0.488 e. The molecule has 0 bridgehead atoms. The van der Waals surface area contributed by atoms with E-state index in [1.54, 1.807) is 6.08 Å². The molecule has 102 valence electrons. The SMILES string of the molecule is O=C(O)/C=C/c1ccc(I)cc1OCc1ccccc1. The van der Waals surface area contributed by atoms with Gasteiger partial charge in [-0.15, -0.1) is 0 Å². The fourth-order valence-electron chi connectivity index (χ4n) is 1.67. The van der Waals surface area contributed by atoms with Crippen LogP contribution in [0.1, 0.15) is 11.1 Å². The zero-order valence-corrected chi connectivity index (χ0v) is 12.8. The van der Waals surface area contributed by atoms with Crippen LogP contribution in [0, 0.1) is 3.57 Å². The molecule has 3 nitrogen and oxygen atoms in total. The quantitative estimate of drug-likeness (QED) is 0.631. The molecule has 20 heavy (non-hydrogen) atoms. The summed E-state index contributed by atoms with van der Waals surface area (Å²) in [5.74, 6) is -0.296. The molecule has 0 saturated carbocycles. The largest absolute Gasteiger partial charge is 0.488 e. The number of aliphatic carboxylic acids is 1. The second-order valence-corrected chi connectivity index (χ2v) is 5.37. The van der Waals surface area contributed by atoms with Crippen LogP contribution in [0.3, 0.4) is 0 Å². The molecule has 0 aliphatic carbocycles. The summed E-state index contributed by atoms with van der Waals surface area (Å²) in [6, 6.07) is 15.5. The molecule has 0 radical (unpaired) electrons. The van der Waals surface area contributed by atoms with Crippen molar-refractivity contribution in [2.75, 3.05) is 0 Å². The fourth-order valence-corrected chi connectivity index (χ4v) is 2.13. The molecule has 2 aromatic rings. The molecular weight excluding hydrogens is 367 g/mol. The minimum atomic E-state index is -0.974. The van der Waals surface area contributed by atoms with Crippen molar-refractivity contribution in [2.45, 2.75) is 6.61 Å². The average molecular weight is 380 g/mol. The topological polar surface area (TPSA) is 46.5 Å². The highest BCUT2D eigenvalue weighted by molar-refractivity contribution is 14.1. The summed E-state index contributed by atoms with van der Waals surface area (Å²) in [7, 11) is 0. The van der Waals surface area contributed by atoms with E-state index in [2.05, 4.69) is 22.6 Å². The second kappa shape index (κ2) is 7.09. The molecule has 0 unspecified atom stereocenters. The molecule has 0 amide bonds. The Morgan fingerprint density at radius 1 is 1.20 bits per heavy atom. The van der Waals surface area contributed by atoms with Crippen LogP contribution in [0.2, 0.25) is 0 Å². The smallest absolute Gasteiger partial charge is 0.328 e. The summed E-state index contributed by atoms with van der Waals surface area (Å²) in [6.45, 7) is 0.453. The molecule has 1 N–H and O–H groups in total. The molecule has 2 rings (SSSR count). The number of carbonyl (C=O) groups is 1. The maximum Gasteiger partial charge on any atom is 0.328 e. The van der Waals surface area contributed by atoms with Gasteiger partial charge >= 0.3 is 5.97 Å². The average Bonchev–Trinajstić information content (AvgIpc) is 2.45. The van der Waals surface area contributed by atoms with Crippen molar-refractivity contribution in [3.05, 3.63) is 69.3 Å². The van der Waals surface area contributed by atoms with Crippen LogP contribution in [0.25, 0.3) is 6.08 Å². The predicted octanol–water partition coefficient (Wildman–Crippen LogP) is 3.97. The Kier molecular flexibility index (Phi) is 5.17. The van der Waals surface area contributed by atoms with Gasteiger partial charge in [0.05, 0.1) is 0 Å². The number of benzene rings is 2. The molecule has 4 heteroatoms. The predicted molar refractivity (Wildman–Crippen MR) is 86.6 cm³/mol. The van der Waals surface area contributed by atoms with Gasteiger partial charge < -0.3 is 9.84 Å². The lowest BCUT2D eigenvalue weighted by atomic mass is 10.2. The monoisotopic (exact) mass is 380 g/mol. The molecule has 0 heterocycles. The van der Waals surface area contributed by atoms with Crippen molar-refractivity contribution in [2.24, 2.45) is 0 Å². The van der Waals surface area contributed by atoms with Gasteiger partial charge in [0, 0.05) is 15.2 Å². The van der Waals surface area contributed by atoms with Gasteiger partial charge in [0.15, 0.2) is 0 Å². The van der Waals surface area contributed by atoms with Crippen LogP contribution >= 0.6 is 22.6 Å². The Bertz CT molecular complexity index is 621. The molecule has 0 fully saturated rings. The van der Waals surface area contributed by atoms with Gasteiger partial charge in [0.1, 0.15) is 12.4 Å². The Morgan fingerprint density at radius 2 is 1.95 bits per heavy atom. The van der Waals surface area contributed by atoms with Gasteiger partial charge in [-0.1, -0.05) is 36.4 Å². The van der Waals surface area contributed by atoms with Crippen LogP contribution in [-0.4, -0.2) is 11.1 Å². The molecule has 0 aliphatic heterocycles. The lowest BCUT2D eigenvalue weighted by Crippen LogP contribution is -1.97. The molecule has 0 spiro atoms. The summed E-state index contributed by atoms with van der Waals surface area (Å²) in [4.78, 5) is 10.6. The van der Waals surface area contributed by atoms with E-state index < -0.39 is 5.97 Å². The summed E-state index contributed by atoms with van der Waals surface area (Å²) in [5, 5.41) is 8.70. The number of ether oxygens (including phenoxy) is 1. The maximum atomic E-state index is 10.6. The van der Waals surface area contributed by atoms with E-state index in [1.165, 1.54) is 0 Å². The van der Waals surface area contributed by atoms with Crippen LogP contribution in [0.5, 0.6) is 5.75 Å². The van der Waals surface area contributed by atoms with Crippen LogP contribution in [-0.2, 0) is 11.4 Å². The van der Waals surface area contributed by atoms with Crippen LogP contribution in [0.15, 0.2) is 54.6 Å². The van der Waals surface area contributed by atoms with Crippen LogP contribution in [0.4, 0.5) is 0 Å². The van der Waals surface area contributed by atoms with Crippen LogP contribution < -0.4 is 4.74 Å². The first-order valence-electron chi connectivity index (χ1n) is 6.02. The van der Waals surface area contributed by atoms with Gasteiger partial charge in [-0.2, -0.15) is 0 Å². The van der Waals surface area contributed by atoms with Crippen molar-refractivity contribution in [1.82, 2.24) is 0 Å². The maximum absolute atomic E-state index is 10.6. The molecular formula is C16H13IO3. The molecule has 2 aromatic carbocycles. The normalized spacial score (nSPS) is 10.7. The summed E-state index contributed by atoms with van der Waals surface area (Å²) >= 11 is 2.20. The van der Waals surface area contributed by atoms with E-state index in [-0.39, 0.29) is 0 Å². The summed E-state index contributed by atoms with van der Waals surface area (Å²) < 4.78 is 6.83. The third-order valence-corrected chi connectivity index (χ3v) is 3.29. The Labute approximate surface area is 131 Å². The Balaban J connectivity index is 2.17. The van der Waals surface area contributed by atoms with Crippen molar-refractivity contribution in [3.63, 3.8) is 0 Å². The van der Waals surface area contributed by atoms with E-state index in [9.17, 15) is 4.79 Å². The highest BCUT2D eigenvalue weighted by Gasteiger charge is 2.03. The lowest BCUT2D eigenvalue weighted by Gasteiger charge is -2.10. The fraction of sp³-hybridized carbons (Fsp3) is 0.0625. The van der Waals surface area contributed by atoms with E-state index in [0.29, 0.717) is 12.4 Å². The first-order chi connectivity index (χ1) is 9.65. The third-order valence-electron chi connectivity index (χ3n) is 2.62. The zero-order valence-electron chi connectivity index (χ0n) is 10.6. The first kappa shape index (κ1) is 14.6. The van der Waals surface area contributed by atoms with Gasteiger partial charge in [-0.25, -0.2) is 4.79 Å². The Hall–Kier alpha value is -1.82. The Morgan fingerprint density at radius 3 is 2.65 bits per heavy atom. The number of hydrogen-bond donors (Lipinski definition) is 1. The van der Waals surface area contributed by atoms with Crippen molar-refractivity contribution in [1.29, 1.82) is 0 Å². The van der Waals surface area contributed by atoms with E-state index in [4.69, 9.17) is 9.84 Å². The molecule has 0 atom stereocenters. The first-order valence-corrected chi connectivity index (χ1v) is 7.10. The second-order valence-electron chi connectivity index (χ2n) is 4.13. The van der Waals surface area contributed by atoms with Gasteiger partial charge in [0.2, 0.25) is 0 Å². The van der Waals surface area contributed by atoms with Crippen molar-refractivity contribution >= 4 is 34.6 Å². The molecule has 0 aliphatic rings. The number of carboxylic acid groups (broad SMARTS) is 1. The van der Waals surface area contributed by atoms with E-state index in [1.807, 2.05) is 48.5 Å². The van der Waals surface area contributed by atoms with E-state index in [0.717, 1.165) is 20.8 Å². The van der Waals surface area contributed by atoms with Crippen molar-refractivity contribution in [3.8, 4) is 5.75 Å². The van der Waals surface area contributed by atoms with Gasteiger partial charge in [0.25, 0.3) is 0 Å². The highest BCUT2D eigenvalue weighted by atomic mass is 127. The number of carboxylic acids is 1. The van der Waals surface area contributed by atoms with Gasteiger partial charge in [-0.05, 0) is 46.4 Å². The number of rotatable bonds is 5. The standard InChI is InChI=1S/C16H13IO3/c17-14-8-6-13(7-9-16(18)19)15(10-14)20-11-12-4-2-1-3-5-12/h1-10H,11H2,(H,18,19)/b9-7+. The number of hydrogen-bond acceptors (Lipinski definition) is 2. The number of halogens is 1. The van der Waals surface area contributed by atoms with E-state index >= 15 is 0 Å². The van der Waals surface area contributed by atoms with Gasteiger partial charge in [-0.3, -0.25) is 0 Å². The zero-order chi connectivity index (χ0) is 14.4. The summed E-state index contributed by atoms with van der Waals surface area (Å²) in [6.07, 6.45) is 2.65. The minimum absolute atomic E-state index is 0.453. The van der Waals surface area contributed by atoms with Crippen molar-refractivity contribution < 1.29 is 14.6 Å². The summed E-state index contributed by atoms with van der Waals surface area (Å²) in [5.41, 5.74) is 1.82. The molecule has 0 aromatic heterocycles. The highest BCUT2D eigenvalue weighted by Crippen LogP contribution is 2.24.